The van der Waals surface area contributed by atoms with Crippen molar-refractivity contribution in [2.45, 2.75) is 24.5 Å². The summed E-state index contributed by atoms with van der Waals surface area (Å²) in [4.78, 5) is 8.42. The zero-order valence-electron chi connectivity index (χ0n) is 12.1. The van der Waals surface area contributed by atoms with Gasteiger partial charge in [0.2, 0.25) is 0 Å². The lowest BCUT2D eigenvalue weighted by atomic mass is 10.1. The summed E-state index contributed by atoms with van der Waals surface area (Å²) in [5.74, 6) is 1.74. The van der Waals surface area contributed by atoms with Gasteiger partial charge in [0.05, 0.1) is 12.6 Å². The number of fused-ring (bicyclic) bond motifs is 1. The van der Waals surface area contributed by atoms with Crippen LogP contribution in [0.25, 0.3) is 10.9 Å². The van der Waals surface area contributed by atoms with E-state index in [1.807, 2.05) is 11.8 Å². The molecular formula is C15H18FN3OS. The van der Waals surface area contributed by atoms with E-state index in [4.69, 9.17) is 4.74 Å². The van der Waals surface area contributed by atoms with Crippen molar-refractivity contribution >= 4 is 28.5 Å². The maximum atomic E-state index is 13.7. The highest BCUT2D eigenvalue weighted by atomic mass is 32.2. The Labute approximate surface area is 127 Å². The number of anilines is 1. The number of aromatic nitrogens is 2. The van der Waals surface area contributed by atoms with E-state index in [2.05, 4.69) is 22.2 Å². The number of hydrogen-bond acceptors (Lipinski definition) is 5. The van der Waals surface area contributed by atoms with Gasteiger partial charge in [0, 0.05) is 22.7 Å². The number of nitrogens with zero attached hydrogens (tertiary/aromatic N) is 2. The fraction of sp³-hybridized carbons (Fsp3) is 0.467. The van der Waals surface area contributed by atoms with Crippen LogP contribution in [0, 0.1) is 5.82 Å². The first kappa shape index (κ1) is 14.4. The molecule has 1 fully saturated rings. The summed E-state index contributed by atoms with van der Waals surface area (Å²) in [6.07, 6.45) is 3.92. The van der Waals surface area contributed by atoms with Gasteiger partial charge in [-0.25, -0.2) is 14.4 Å². The number of thioether (sulfide) groups is 1. The van der Waals surface area contributed by atoms with Crippen LogP contribution in [0.5, 0.6) is 5.75 Å². The Kier molecular flexibility index (Phi) is 3.89. The van der Waals surface area contributed by atoms with Gasteiger partial charge in [-0.1, -0.05) is 0 Å². The molecule has 1 aromatic carbocycles. The highest BCUT2D eigenvalue weighted by Crippen LogP contribution is 2.38. The molecule has 0 aliphatic carbocycles. The Morgan fingerprint density at radius 3 is 3.00 bits per heavy atom. The van der Waals surface area contributed by atoms with Crippen molar-refractivity contribution < 1.29 is 9.13 Å². The number of rotatable bonds is 4. The van der Waals surface area contributed by atoms with Gasteiger partial charge in [0.15, 0.2) is 11.6 Å². The lowest BCUT2D eigenvalue weighted by Gasteiger charge is -2.23. The van der Waals surface area contributed by atoms with Crippen LogP contribution in [0.3, 0.4) is 0 Å². The van der Waals surface area contributed by atoms with Crippen LogP contribution in [-0.4, -0.2) is 34.1 Å². The van der Waals surface area contributed by atoms with Crippen LogP contribution >= 0.6 is 11.8 Å². The molecule has 1 aromatic heterocycles. The monoisotopic (exact) mass is 307 g/mol. The Bertz CT molecular complexity index is 659. The molecule has 1 N–H and O–H groups in total. The zero-order valence-corrected chi connectivity index (χ0v) is 13.0. The summed E-state index contributed by atoms with van der Waals surface area (Å²) in [5.41, 5.74) is 0.579. The standard InChI is InChI=1S/C15H18FN3OS/c1-15(4-3-5-21-15)8-17-14-10-6-13(20-2)11(16)7-12(10)18-9-19-14/h6-7,9H,3-5,8H2,1-2H3,(H,17,18,19). The summed E-state index contributed by atoms with van der Waals surface area (Å²) in [6.45, 7) is 3.10. The van der Waals surface area contributed by atoms with Crippen LogP contribution in [0.4, 0.5) is 10.2 Å². The average molecular weight is 307 g/mol. The normalized spacial score (nSPS) is 21.7. The first-order valence-corrected chi connectivity index (χ1v) is 7.96. The van der Waals surface area contributed by atoms with E-state index in [0.717, 1.165) is 17.7 Å². The van der Waals surface area contributed by atoms with Crippen LogP contribution in [0.15, 0.2) is 18.5 Å². The smallest absolute Gasteiger partial charge is 0.167 e. The van der Waals surface area contributed by atoms with Crippen molar-refractivity contribution in [3.05, 3.63) is 24.3 Å². The third-order valence-corrected chi connectivity index (χ3v) is 5.38. The number of methoxy groups -OCH3 is 1. The summed E-state index contributed by atoms with van der Waals surface area (Å²) < 4.78 is 19.0. The third kappa shape index (κ3) is 2.90. The molecule has 2 aromatic rings. The lowest BCUT2D eigenvalue weighted by Crippen LogP contribution is -2.27. The second kappa shape index (κ2) is 5.67. The molecule has 3 rings (SSSR count). The van der Waals surface area contributed by atoms with Crippen molar-refractivity contribution in [2.24, 2.45) is 0 Å². The maximum absolute atomic E-state index is 13.7. The molecule has 0 spiro atoms. The Balaban J connectivity index is 1.91. The van der Waals surface area contributed by atoms with Crippen LogP contribution < -0.4 is 10.1 Å². The second-order valence-electron chi connectivity index (χ2n) is 5.48. The minimum atomic E-state index is -0.409. The van der Waals surface area contributed by atoms with E-state index >= 15 is 0 Å². The first-order valence-electron chi connectivity index (χ1n) is 6.97. The van der Waals surface area contributed by atoms with Crippen LogP contribution in [0.2, 0.25) is 0 Å². The second-order valence-corrected chi connectivity index (χ2v) is 7.16. The minimum Gasteiger partial charge on any atom is -0.494 e. The van der Waals surface area contributed by atoms with E-state index in [9.17, 15) is 4.39 Å². The van der Waals surface area contributed by atoms with E-state index in [1.165, 1.54) is 38.1 Å². The van der Waals surface area contributed by atoms with Crippen molar-refractivity contribution in [3.8, 4) is 5.75 Å². The molecule has 1 saturated heterocycles. The zero-order chi connectivity index (χ0) is 14.9. The Hall–Kier alpha value is -1.56. The van der Waals surface area contributed by atoms with Gasteiger partial charge < -0.3 is 10.1 Å². The van der Waals surface area contributed by atoms with Gasteiger partial charge in [-0.15, -0.1) is 0 Å². The summed E-state index contributed by atoms with van der Waals surface area (Å²) in [7, 11) is 1.46. The van der Waals surface area contributed by atoms with Crippen LogP contribution in [-0.2, 0) is 0 Å². The van der Waals surface area contributed by atoms with Crippen molar-refractivity contribution in [2.75, 3.05) is 24.7 Å². The molecule has 0 radical (unpaired) electrons. The molecule has 1 atom stereocenters. The summed E-state index contributed by atoms with van der Waals surface area (Å²) >= 11 is 1.99. The fourth-order valence-corrected chi connectivity index (χ4v) is 3.85. The molecule has 112 valence electrons. The molecule has 21 heavy (non-hydrogen) atoms. The number of halogens is 1. The number of nitrogens with one attached hydrogen (secondary N) is 1. The topological polar surface area (TPSA) is 47.0 Å². The Morgan fingerprint density at radius 2 is 2.29 bits per heavy atom. The van der Waals surface area contributed by atoms with Gasteiger partial charge in [-0.05, 0) is 31.6 Å². The SMILES string of the molecule is COc1cc2c(NCC3(C)CCCS3)ncnc2cc1F. The quantitative estimate of drug-likeness (QED) is 0.937. The molecule has 1 aliphatic heterocycles. The number of hydrogen-bond donors (Lipinski definition) is 1. The van der Waals surface area contributed by atoms with Crippen molar-refractivity contribution in [1.29, 1.82) is 0 Å². The molecular weight excluding hydrogens is 289 g/mol. The van der Waals surface area contributed by atoms with E-state index in [-0.39, 0.29) is 10.5 Å². The van der Waals surface area contributed by atoms with E-state index in [1.54, 1.807) is 6.07 Å². The molecule has 0 bridgehead atoms. The van der Waals surface area contributed by atoms with Gasteiger partial charge in [0.1, 0.15) is 12.1 Å². The molecule has 1 aliphatic rings. The fourth-order valence-electron chi connectivity index (χ4n) is 2.60. The summed E-state index contributed by atoms with van der Waals surface area (Å²) in [5, 5.41) is 4.17. The first-order chi connectivity index (χ1) is 10.1. The minimum absolute atomic E-state index is 0.210. The van der Waals surface area contributed by atoms with Gasteiger partial charge in [-0.3, -0.25) is 0 Å². The number of benzene rings is 1. The van der Waals surface area contributed by atoms with Gasteiger partial charge >= 0.3 is 0 Å². The molecule has 4 nitrogen and oxygen atoms in total. The lowest BCUT2D eigenvalue weighted by molar-refractivity contribution is 0.387. The maximum Gasteiger partial charge on any atom is 0.167 e. The van der Waals surface area contributed by atoms with Crippen molar-refractivity contribution in [3.63, 3.8) is 0 Å². The van der Waals surface area contributed by atoms with E-state index in [0.29, 0.717) is 5.52 Å². The molecule has 6 heteroatoms. The van der Waals surface area contributed by atoms with Crippen molar-refractivity contribution in [1.82, 2.24) is 9.97 Å². The number of ether oxygens (including phenoxy) is 1. The highest BCUT2D eigenvalue weighted by Gasteiger charge is 2.29. The molecule has 0 saturated carbocycles. The predicted octanol–water partition coefficient (Wildman–Crippen LogP) is 3.48. The predicted molar refractivity (Wildman–Crippen MR) is 84.6 cm³/mol. The third-order valence-electron chi connectivity index (χ3n) is 3.84. The largest absolute Gasteiger partial charge is 0.494 e. The Morgan fingerprint density at radius 1 is 1.43 bits per heavy atom. The van der Waals surface area contributed by atoms with E-state index < -0.39 is 5.82 Å². The molecule has 0 amide bonds. The summed E-state index contributed by atoms with van der Waals surface area (Å²) in [6, 6.07) is 3.03. The highest BCUT2D eigenvalue weighted by molar-refractivity contribution is 8.00. The average Bonchev–Trinajstić information content (AvgIpc) is 2.91. The van der Waals surface area contributed by atoms with Crippen LogP contribution in [0.1, 0.15) is 19.8 Å². The molecule has 1 unspecified atom stereocenters. The molecule has 2 heterocycles. The van der Waals surface area contributed by atoms with Gasteiger partial charge in [-0.2, -0.15) is 11.8 Å². The van der Waals surface area contributed by atoms with Gasteiger partial charge in [0.25, 0.3) is 0 Å².